The third kappa shape index (κ3) is 2.39. The molecule has 5 N–H and O–H groups in total. The third-order valence-electron chi connectivity index (χ3n) is 3.14. The minimum absolute atomic E-state index is 0.138. The number of aromatic nitrogens is 2. The fraction of sp³-hybridized carbons (Fsp3) is 0.500. The van der Waals surface area contributed by atoms with Gasteiger partial charge in [-0.25, -0.2) is 4.98 Å². The topological polar surface area (TPSA) is 131 Å². The van der Waals surface area contributed by atoms with Crippen molar-refractivity contribution in [2.75, 3.05) is 6.61 Å². The smallest absolute Gasteiger partial charge is 0.223 e. The average Bonchev–Trinajstić information content (AvgIpc) is 2.92. The summed E-state index contributed by atoms with van der Waals surface area (Å²) in [5, 5.41) is 28.7. The van der Waals surface area contributed by atoms with Gasteiger partial charge in [0.15, 0.2) is 6.23 Å². The van der Waals surface area contributed by atoms with Crippen molar-refractivity contribution in [1.82, 2.24) is 9.55 Å². The van der Waals surface area contributed by atoms with Gasteiger partial charge in [-0.05, 0) is 0 Å². The molecule has 1 amide bonds. The Labute approximate surface area is 114 Å². The number of nitrogens with zero attached hydrogens (tertiary/aromatic N) is 2. The van der Waals surface area contributed by atoms with Gasteiger partial charge in [0.05, 0.1) is 25.0 Å². The maximum atomic E-state index is 10.9. The quantitative estimate of drug-likeness (QED) is 0.451. The summed E-state index contributed by atoms with van der Waals surface area (Å²) < 4.78 is 6.68. The first-order chi connectivity index (χ1) is 9.49. The van der Waals surface area contributed by atoms with Gasteiger partial charge in [0.2, 0.25) is 5.91 Å². The Kier molecular flexibility index (Phi) is 4.06. The predicted molar refractivity (Wildman–Crippen MR) is 66.1 cm³/mol. The maximum Gasteiger partial charge on any atom is 0.223 e. The van der Waals surface area contributed by atoms with E-state index in [4.69, 9.17) is 22.0 Å². The number of carbonyl (C=O) groups excluding carboxylic acids is 1. The summed E-state index contributed by atoms with van der Waals surface area (Å²) in [6.07, 6.45) is 2.13. The van der Waals surface area contributed by atoms with Gasteiger partial charge in [0, 0.05) is 0 Å². The SMILES string of the molecule is C#Cc1c(CC(N)=O)ncn1[C@H]1O[C@@H](CO)[C@H](O)[C@@H]1O. The lowest BCUT2D eigenvalue weighted by atomic mass is 10.1. The summed E-state index contributed by atoms with van der Waals surface area (Å²) in [5.74, 6) is 1.76. The van der Waals surface area contributed by atoms with E-state index < -0.39 is 37.1 Å². The second-order valence-electron chi connectivity index (χ2n) is 4.46. The normalized spacial score (nSPS) is 29.3. The summed E-state index contributed by atoms with van der Waals surface area (Å²) >= 11 is 0. The highest BCUT2D eigenvalue weighted by molar-refractivity contribution is 5.76. The molecule has 0 saturated carbocycles. The molecule has 1 aliphatic heterocycles. The van der Waals surface area contributed by atoms with E-state index >= 15 is 0 Å². The van der Waals surface area contributed by atoms with Gasteiger partial charge in [-0.2, -0.15) is 0 Å². The fourth-order valence-electron chi connectivity index (χ4n) is 2.15. The van der Waals surface area contributed by atoms with Crippen molar-refractivity contribution in [3.05, 3.63) is 17.7 Å². The number of carbonyl (C=O) groups is 1. The molecule has 1 aromatic rings. The first-order valence-corrected chi connectivity index (χ1v) is 5.92. The Hall–Kier alpha value is -1.92. The second kappa shape index (κ2) is 5.60. The number of nitrogens with two attached hydrogens (primary N) is 1. The molecular weight excluding hydrogens is 266 g/mol. The number of ether oxygens (including phenoxy) is 1. The molecule has 20 heavy (non-hydrogen) atoms. The summed E-state index contributed by atoms with van der Waals surface area (Å²) in [6.45, 7) is -0.442. The summed E-state index contributed by atoms with van der Waals surface area (Å²) in [7, 11) is 0. The first kappa shape index (κ1) is 14.5. The molecule has 2 heterocycles. The predicted octanol–water partition coefficient (Wildman–Crippen LogP) is -2.50. The van der Waals surface area contributed by atoms with Crippen LogP contribution in [0.5, 0.6) is 0 Å². The van der Waals surface area contributed by atoms with Crippen molar-refractivity contribution >= 4 is 5.91 Å². The Balaban J connectivity index is 2.32. The molecule has 108 valence electrons. The van der Waals surface area contributed by atoms with Gasteiger partial charge in [0.25, 0.3) is 0 Å². The number of imidazole rings is 1. The number of aliphatic hydroxyl groups is 3. The van der Waals surface area contributed by atoms with Crippen LogP contribution in [0.3, 0.4) is 0 Å². The van der Waals surface area contributed by atoms with Gasteiger partial charge in [0.1, 0.15) is 24.0 Å². The zero-order valence-electron chi connectivity index (χ0n) is 10.5. The van der Waals surface area contributed by atoms with Crippen LogP contribution in [0.25, 0.3) is 0 Å². The highest BCUT2D eigenvalue weighted by Gasteiger charge is 2.44. The van der Waals surface area contributed by atoms with E-state index in [1.54, 1.807) is 0 Å². The number of hydrogen-bond donors (Lipinski definition) is 4. The van der Waals surface area contributed by atoms with Crippen molar-refractivity contribution in [2.24, 2.45) is 5.73 Å². The minimum Gasteiger partial charge on any atom is -0.394 e. The van der Waals surface area contributed by atoms with Gasteiger partial charge >= 0.3 is 0 Å². The molecule has 1 aromatic heterocycles. The zero-order valence-corrected chi connectivity index (χ0v) is 10.5. The Morgan fingerprint density at radius 3 is 2.75 bits per heavy atom. The van der Waals surface area contributed by atoms with Crippen molar-refractivity contribution in [3.8, 4) is 12.3 Å². The van der Waals surface area contributed by atoms with Crippen LogP contribution in [0.1, 0.15) is 17.6 Å². The van der Waals surface area contributed by atoms with Gasteiger partial charge in [-0.1, -0.05) is 5.92 Å². The number of rotatable bonds is 4. The number of primary amides is 1. The summed E-state index contributed by atoms with van der Waals surface area (Å²) in [5.41, 5.74) is 5.62. The van der Waals surface area contributed by atoms with E-state index in [2.05, 4.69) is 10.9 Å². The standard InChI is InChI=1S/C12H15N3O5/c1-2-7-6(3-9(13)17)14-5-15(7)12-11(19)10(18)8(4-16)20-12/h1,5,8,10-12,16,18-19H,3-4H2,(H2,13,17)/t8-,10-,11-,12-/m0/s1. The van der Waals surface area contributed by atoms with Gasteiger partial charge in [-0.3, -0.25) is 9.36 Å². The largest absolute Gasteiger partial charge is 0.394 e. The van der Waals surface area contributed by atoms with Crippen LogP contribution in [0.15, 0.2) is 6.33 Å². The van der Waals surface area contributed by atoms with Crippen LogP contribution in [-0.4, -0.2) is 55.7 Å². The van der Waals surface area contributed by atoms with E-state index in [0.717, 1.165) is 0 Å². The van der Waals surface area contributed by atoms with E-state index in [-0.39, 0.29) is 17.8 Å². The Morgan fingerprint density at radius 2 is 2.25 bits per heavy atom. The molecule has 1 fully saturated rings. The van der Waals surface area contributed by atoms with Crippen molar-refractivity contribution in [2.45, 2.75) is 31.0 Å². The average molecular weight is 281 g/mol. The Bertz CT molecular complexity index is 550. The van der Waals surface area contributed by atoms with Crippen LogP contribution in [0, 0.1) is 12.3 Å². The lowest BCUT2D eigenvalue weighted by Gasteiger charge is -2.17. The molecule has 0 aliphatic carbocycles. The molecule has 8 nitrogen and oxygen atoms in total. The van der Waals surface area contributed by atoms with Crippen molar-refractivity contribution in [1.29, 1.82) is 0 Å². The number of hydrogen-bond acceptors (Lipinski definition) is 6. The van der Waals surface area contributed by atoms with Gasteiger partial charge < -0.3 is 25.8 Å². The van der Waals surface area contributed by atoms with E-state index in [9.17, 15) is 15.0 Å². The van der Waals surface area contributed by atoms with Crippen LogP contribution in [0.2, 0.25) is 0 Å². The molecular formula is C12H15N3O5. The van der Waals surface area contributed by atoms with Gasteiger partial charge in [-0.15, -0.1) is 6.42 Å². The minimum atomic E-state index is -1.27. The number of amides is 1. The highest BCUT2D eigenvalue weighted by Crippen LogP contribution is 2.30. The van der Waals surface area contributed by atoms with E-state index in [1.165, 1.54) is 10.9 Å². The third-order valence-corrected chi connectivity index (χ3v) is 3.14. The van der Waals surface area contributed by atoms with Crippen LogP contribution in [-0.2, 0) is 16.0 Å². The molecule has 0 unspecified atom stereocenters. The Morgan fingerprint density at radius 1 is 1.55 bits per heavy atom. The lowest BCUT2D eigenvalue weighted by molar-refractivity contribution is -0.117. The molecule has 1 aliphatic rings. The van der Waals surface area contributed by atoms with E-state index in [0.29, 0.717) is 0 Å². The molecule has 0 radical (unpaired) electrons. The van der Waals surface area contributed by atoms with Crippen molar-refractivity contribution in [3.63, 3.8) is 0 Å². The first-order valence-electron chi connectivity index (χ1n) is 5.92. The molecule has 0 aromatic carbocycles. The van der Waals surface area contributed by atoms with Crippen molar-refractivity contribution < 1.29 is 24.9 Å². The summed E-state index contributed by atoms with van der Waals surface area (Å²) in [6, 6.07) is 0. The molecule has 1 saturated heterocycles. The van der Waals surface area contributed by atoms with Crippen LogP contribution in [0.4, 0.5) is 0 Å². The molecule has 4 atom stereocenters. The van der Waals surface area contributed by atoms with Crippen LogP contribution >= 0.6 is 0 Å². The number of aliphatic hydroxyl groups excluding tert-OH is 3. The highest BCUT2D eigenvalue weighted by atomic mass is 16.6. The lowest BCUT2D eigenvalue weighted by Crippen LogP contribution is -2.33. The zero-order chi connectivity index (χ0) is 14.9. The molecule has 0 bridgehead atoms. The maximum absolute atomic E-state index is 10.9. The molecule has 8 heteroatoms. The summed E-state index contributed by atoms with van der Waals surface area (Å²) in [4.78, 5) is 14.9. The second-order valence-corrected chi connectivity index (χ2v) is 4.46. The molecule has 2 rings (SSSR count). The monoisotopic (exact) mass is 281 g/mol. The van der Waals surface area contributed by atoms with E-state index in [1.807, 2.05) is 0 Å². The fourth-order valence-corrected chi connectivity index (χ4v) is 2.15. The number of terminal acetylenes is 1. The molecule has 0 spiro atoms. The van der Waals surface area contributed by atoms with Crippen LogP contribution < -0.4 is 5.73 Å².